The molecule has 4 nitrogen and oxygen atoms in total. The fourth-order valence-electron chi connectivity index (χ4n) is 2.42. The predicted molar refractivity (Wildman–Crippen MR) is 59.5 cm³/mol. The van der Waals surface area contributed by atoms with E-state index in [0.717, 1.165) is 24.3 Å². The number of nitrogens with one attached hydrogen (secondary N) is 1. The summed E-state index contributed by atoms with van der Waals surface area (Å²) < 4.78 is 0. The quantitative estimate of drug-likeness (QED) is 0.533. The van der Waals surface area contributed by atoms with Gasteiger partial charge in [-0.05, 0) is 43.4 Å². The Hall–Kier alpha value is -0.870. The number of aliphatic imine (C=N–C) groups is 1. The smallest absolute Gasteiger partial charge is 0.107 e. The molecule has 4 heteroatoms. The molecule has 3 N–H and O–H groups in total. The fourth-order valence-corrected chi connectivity index (χ4v) is 2.42. The second kappa shape index (κ2) is 3.61. The van der Waals surface area contributed by atoms with E-state index in [9.17, 15) is 0 Å². The first-order valence-electron chi connectivity index (χ1n) is 5.84. The highest BCUT2D eigenvalue weighted by atomic mass is 15.6. The minimum absolute atomic E-state index is 0.801. The van der Waals surface area contributed by atoms with Crippen LogP contribution >= 0.6 is 0 Å². The Morgan fingerprint density at radius 2 is 2.07 bits per heavy atom. The molecule has 1 heterocycles. The molecule has 15 heavy (non-hydrogen) atoms. The normalized spacial score (nSPS) is 28.4. The highest BCUT2D eigenvalue weighted by molar-refractivity contribution is 5.60. The lowest BCUT2D eigenvalue weighted by Crippen LogP contribution is -2.40. The molecule has 0 aromatic carbocycles. The van der Waals surface area contributed by atoms with Crippen molar-refractivity contribution in [3.05, 3.63) is 11.8 Å². The number of allylic oxidation sites excluding steroid dienone is 1. The van der Waals surface area contributed by atoms with Crippen LogP contribution < -0.4 is 11.4 Å². The zero-order valence-electron chi connectivity index (χ0n) is 8.89. The van der Waals surface area contributed by atoms with Crippen molar-refractivity contribution in [3.8, 4) is 0 Å². The second-order valence-corrected chi connectivity index (χ2v) is 4.91. The highest BCUT2D eigenvalue weighted by Crippen LogP contribution is 2.50. The van der Waals surface area contributed by atoms with Gasteiger partial charge in [0, 0.05) is 0 Å². The molecular formula is C11H18N4. The second-order valence-electron chi connectivity index (χ2n) is 4.91. The van der Waals surface area contributed by atoms with Crippen molar-refractivity contribution < 1.29 is 0 Å². The number of rotatable bonds is 4. The van der Waals surface area contributed by atoms with Gasteiger partial charge in [-0.3, -0.25) is 10.9 Å². The van der Waals surface area contributed by atoms with Crippen molar-refractivity contribution in [2.75, 3.05) is 6.54 Å². The van der Waals surface area contributed by atoms with Crippen molar-refractivity contribution >= 4 is 6.34 Å². The fraction of sp³-hybridized carbons (Fsp3) is 0.727. The predicted octanol–water partition coefficient (Wildman–Crippen LogP) is 1.03. The van der Waals surface area contributed by atoms with Gasteiger partial charge in [-0.15, -0.1) is 0 Å². The molecule has 0 saturated heterocycles. The number of nitrogens with zero attached hydrogens (tertiary/aromatic N) is 2. The first-order valence-corrected chi connectivity index (χ1v) is 5.84. The van der Waals surface area contributed by atoms with E-state index in [2.05, 4.69) is 16.6 Å². The van der Waals surface area contributed by atoms with E-state index < -0.39 is 0 Å². The van der Waals surface area contributed by atoms with Crippen LogP contribution in [0.1, 0.15) is 25.7 Å². The zero-order chi connectivity index (χ0) is 10.3. The molecule has 2 aliphatic carbocycles. The topological polar surface area (TPSA) is 53.6 Å². The van der Waals surface area contributed by atoms with Crippen molar-refractivity contribution in [1.82, 2.24) is 10.5 Å². The molecule has 3 rings (SSSR count). The third-order valence-electron chi connectivity index (χ3n) is 3.58. The Morgan fingerprint density at radius 1 is 1.40 bits per heavy atom. The van der Waals surface area contributed by atoms with E-state index in [-0.39, 0.29) is 0 Å². The molecule has 82 valence electrons. The van der Waals surface area contributed by atoms with Gasteiger partial charge in [0.05, 0.1) is 12.2 Å². The third-order valence-corrected chi connectivity index (χ3v) is 3.58. The first-order chi connectivity index (χ1) is 7.36. The summed E-state index contributed by atoms with van der Waals surface area (Å²) in [6.45, 7) is 0.812. The average molecular weight is 206 g/mol. The van der Waals surface area contributed by atoms with Crippen LogP contribution in [0.5, 0.6) is 0 Å². The first kappa shape index (κ1) is 9.36. The minimum Gasteiger partial charge on any atom is -0.279 e. The van der Waals surface area contributed by atoms with Gasteiger partial charge in [0.2, 0.25) is 0 Å². The van der Waals surface area contributed by atoms with E-state index >= 15 is 0 Å². The minimum atomic E-state index is 0.801. The van der Waals surface area contributed by atoms with Gasteiger partial charge in [0.25, 0.3) is 0 Å². The van der Waals surface area contributed by atoms with Crippen molar-refractivity contribution in [3.63, 3.8) is 0 Å². The highest BCUT2D eigenvalue weighted by Gasteiger charge is 2.40. The molecule has 1 aliphatic heterocycles. The van der Waals surface area contributed by atoms with Crippen LogP contribution in [0.4, 0.5) is 0 Å². The Balaban J connectivity index is 1.66. The summed E-state index contributed by atoms with van der Waals surface area (Å²) in [6.07, 6.45) is 9.86. The molecule has 0 radical (unpaired) electrons. The molecule has 0 atom stereocenters. The molecular weight excluding hydrogens is 188 g/mol. The van der Waals surface area contributed by atoms with Gasteiger partial charge in [0.15, 0.2) is 0 Å². The summed E-state index contributed by atoms with van der Waals surface area (Å²) in [5, 5.41) is 1.81. The summed E-state index contributed by atoms with van der Waals surface area (Å²) in [6, 6.07) is 0. The molecule has 0 unspecified atom stereocenters. The van der Waals surface area contributed by atoms with Crippen LogP contribution in [0.25, 0.3) is 0 Å². The largest absolute Gasteiger partial charge is 0.279 e. The van der Waals surface area contributed by atoms with Crippen molar-refractivity contribution in [1.29, 1.82) is 0 Å². The van der Waals surface area contributed by atoms with Crippen LogP contribution in [0, 0.1) is 17.8 Å². The number of hydrazine groups is 2. The summed E-state index contributed by atoms with van der Waals surface area (Å²) in [5.74, 6) is 8.05. The SMILES string of the molecule is NNN1C=NC(=CC(C2CC2)C2CC2)C1. The Labute approximate surface area is 90.2 Å². The van der Waals surface area contributed by atoms with Crippen LogP contribution in [0.2, 0.25) is 0 Å². The maximum Gasteiger partial charge on any atom is 0.107 e. The monoisotopic (exact) mass is 206 g/mol. The molecule has 0 aromatic heterocycles. The lowest BCUT2D eigenvalue weighted by molar-refractivity contribution is 0.360. The Morgan fingerprint density at radius 3 is 2.53 bits per heavy atom. The molecule has 0 spiro atoms. The molecule has 0 bridgehead atoms. The third kappa shape index (κ3) is 2.06. The van der Waals surface area contributed by atoms with Gasteiger partial charge >= 0.3 is 0 Å². The maximum atomic E-state index is 5.33. The van der Waals surface area contributed by atoms with Crippen LogP contribution in [0.3, 0.4) is 0 Å². The number of nitrogens with two attached hydrogens (primary N) is 1. The molecule has 2 fully saturated rings. The van der Waals surface area contributed by atoms with E-state index in [1.54, 1.807) is 6.34 Å². The summed E-state index contributed by atoms with van der Waals surface area (Å²) >= 11 is 0. The van der Waals surface area contributed by atoms with Crippen LogP contribution in [-0.4, -0.2) is 17.9 Å². The van der Waals surface area contributed by atoms with Gasteiger partial charge in [0.1, 0.15) is 6.34 Å². The van der Waals surface area contributed by atoms with Gasteiger partial charge in [-0.25, -0.2) is 4.99 Å². The molecule has 0 amide bonds. The van der Waals surface area contributed by atoms with Crippen LogP contribution in [0.15, 0.2) is 16.8 Å². The van der Waals surface area contributed by atoms with E-state index in [1.807, 2.05) is 5.01 Å². The van der Waals surface area contributed by atoms with Crippen molar-refractivity contribution in [2.24, 2.45) is 28.6 Å². The Kier molecular flexibility index (Phi) is 2.25. The Bertz CT molecular complexity index is 290. The van der Waals surface area contributed by atoms with Gasteiger partial charge < -0.3 is 0 Å². The van der Waals surface area contributed by atoms with Gasteiger partial charge in [-0.1, -0.05) is 6.08 Å². The maximum absolute atomic E-state index is 5.33. The summed E-state index contributed by atoms with van der Waals surface area (Å²) in [7, 11) is 0. The molecule has 2 saturated carbocycles. The lowest BCUT2D eigenvalue weighted by atomic mass is 9.97. The summed E-state index contributed by atoms with van der Waals surface area (Å²) in [4.78, 5) is 4.37. The summed E-state index contributed by atoms with van der Waals surface area (Å²) in [5.41, 5.74) is 3.78. The van der Waals surface area contributed by atoms with Gasteiger partial charge in [-0.2, -0.15) is 5.53 Å². The average Bonchev–Trinajstić information content (AvgIpc) is 3.14. The van der Waals surface area contributed by atoms with E-state index in [0.29, 0.717) is 0 Å². The lowest BCUT2D eigenvalue weighted by Gasteiger charge is -2.12. The molecule has 3 aliphatic rings. The van der Waals surface area contributed by atoms with Crippen LogP contribution in [-0.2, 0) is 0 Å². The van der Waals surface area contributed by atoms with E-state index in [1.165, 1.54) is 31.4 Å². The molecule has 0 aromatic rings. The standard InChI is InChI=1S/C11H18N4/c12-14-15-6-10(13-7-15)5-11(8-1-2-8)9-3-4-9/h5,7-9,11,14H,1-4,6,12H2. The van der Waals surface area contributed by atoms with Crippen molar-refractivity contribution in [2.45, 2.75) is 25.7 Å². The van der Waals surface area contributed by atoms with E-state index in [4.69, 9.17) is 5.84 Å². The zero-order valence-corrected chi connectivity index (χ0v) is 8.89. The number of hydrogen-bond acceptors (Lipinski definition) is 4. The number of hydrogen-bond donors (Lipinski definition) is 2.